The molecule has 3 heteroatoms. The molecule has 2 rings (SSSR count). The molecule has 100 valence electrons. The van der Waals surface area contributed by atoms with Crippen LogP contribution in [-0.2, 0) is 0 Å². The zero-order valence-electron chi connectivity index (χ0n) is 11.2. The summed E-state index contributed by atoms with van der Waals surface area (Å²) in [6.07, 6.45) is 3.48. The average Bonchev–Trinajstić information content (AvgIpc) is 2.38. The highest BCUT2D eigenvalue weighted by atomic mass is 79.9. The van der Waals surface area contributed by atoms with E-state index in [1.807, 2.05) is 6.07 Å². The van der Waals surface area contributed by atoms with Crippen molar-refractivity contribution in [2.45, 2.75) is 39.2 Å². The van der Waals surface area contributed by atoms with E-state index in [4.69, 9.17) is 0 Å². The molecule has 2 nitrogen and oxygen atoms in total. The van der Waals surface area contributed by atoms with Gasteiger partial charge in [0.2, 0.25) is 0 Å². The Morgan fingerprint density at radius 3 is 2.56 bits per heavy atom. The van der Waals surface area contributed by atoms with Crippen molar-refractivity contribution in [3.63, 3.8) is 0 Å². The number of piperidine rings is 1. The number of anilines is 1. The highest BCUT2D eigenvalue weighted by Gasteiger charge is 2.18. The third kappa shape index (κ3) is 3.07. The topological polar surface area (TPSA) is 23.5 Å². The van der Waals surface area contributed by atoms with Crippen LogP contribution in [0.3, 0.4) is 0 Å². The predicted octanol–water partition coefficient (Wildman–Crippen LogP) is 4.13. The Morgan fingerprint density at radius 2 is 2.06 bits per heavy atom. The van der Waals surface area contributed by atoms with Gasteiger partial charge in [0.1, 0.15) is 0 Å². The first-order chi connectivity index (χ1) is 8.61. The lowest BCUT2D eigenvalue weighted by Gasteiger charge is -2.33. The number of hydrogen-bond donors (Lipinski definition) is 1. The van der Waals surface area contributed by atoms with Crippen LogP contribution in [0, 0.1) is 5.92 Å². The predicted molar refractivity (Wildman–Crippen MR) is 80.0 cm³/mol. The van der Waals surface area contributed by atoms with Crippen molar-refractivity contribution in [3.05, 3.63) is 28.2 Å². The van der Waals surface area contributed by atoms with Crippen molar-refractivity contribution < 1.29 is 5.11 Å². The Morgan fingerprint density at radius 1 is 1.39 bits per heavy atom. The molecule has 0 saturated carbocycles. The van der Waals surface area contributed by atoms with Crippen LogP contribution in [0.2, 0.25) is 0 Å². The highest BCUT2D eigenvalue weighted by molar-refractivity contribution is 9.10. The molecule has 0 aromatic heterocycles. The van der Waals surface area contributed by atoms with Crippen molar-refractivity contribution in [3.8, 4) is 0 Å². The largest absolute Gasteiger partial charge is 0.389 e. The summed E-state index contributed by atoms with van der Waals surface area (Å²) in [5.41, 5.74) is 2.23. The minimum atomic E-state index is -0.417. The standard InChI is InChI=1S/C15H22BrNO/c1-3-12-6-8-17(9-7-12)13-4-5-14(11(2)18)15(16)10-13/h4-5,10-12,18H,3,6-9H2,1-2H3. The molecule has 1 unspecified atom stereocenters. The minimum Gasteiger partial charge on any atom is -0.389 e. The van der Waals surface area contributed by atoms with Gasteiger partial charge in [-0.2, -0.15) is 0 Å². The van der Waals surface area contributed by atoms with Gasteiger partial charge in [0.05, 0.1) is 6.10 Å². The smallest absolute Gasteiger partial charge is 0.0772 e. The summed E-state index contributed by atoms with van der Waals surface area (Å²) in [6, 6.07) is 6.28. The highest BCUT2D eigenvalue weighted by Crippen LogP contribution is 2.30. The first-order valence-electron chi connectivity index (χ1n) is 6.84. The first-order valence-corrected chi connectivity index (χ1v) is 7.63. The lowest BCUT2D eigenvalue weighted by Crippen LogP contribution is -2.33. The second kappa shape index (κ2) is 6.07. The fourth-order valence-corrected chi connectivity index (χ4v) is 3.35. The Labute approximate surface area is 118 Å². The number of aliphatic hydroxyl groups excluding tert-OH is 1. The van der Waals surface area contributed by atoms with Crippen LogP contribution >= 0.6 is 15.9 Å². The van der Waals surface area contributed by atoms with Gasteiger partial charge in [-0.15, -0.1) is 0 Å². The van der Waals surface area contributed by atoms with Crippen molar-refractivity contribution in [1.29, 1.82) is 0 Å². The maximum Gasteiger partial charge on any atom is 0.0772 e. The summed E-state index contributed by atoms with van der Waals surface area (Å²) in [4.78, 5) is 2.45. The van der Waals surface area contributed by atoms with E-state index in [1.165, 1.54) is 24.9 Å². The number of rotatable bonds is 3. The van der Waals surface area contributed by atoms with Crippen molar-refractivity contribution in [2.75, 3.05) is 18.0 Å². The molecular formula is C15H22BrNO. The molecular weight excluding hydrogens is 290 g/mol. The maximum atomic E-state index is 9.63. The number of aliphatic hydroxyl groups is 1. The Kier molecular flexibility index (Phi) is 4.68. The number of hydrogen-bond acceptors (Lipinski definition) is 2. The van der Waals surface area contributed by atoms with Gasteiger partial charge >= 0.3 is 0 Å². The molecule has 1 aromatic rings. The van der Waals surface area contributed by atoms with E-state index in [9.17, 15) is 5.11 Å². The second-order valence-electron chi connectivity index (χ2n) is 5.22. The molecule has 1 saturated heterocycles. The molecule has 0 radical (unpaired) electrons. The number of benzene rings is 1. The number of nitrogens with zero attached hydrogens (tertiary/aromatic N) is 1. The third-order valence-electron chi connectivity index (χ3n) is 3.99. The summed E-state index contributed by atoms with van der Waals surface area (Å²) in [5.74, 6) is 0.904. The van der Waals surface area contributed by atoms with E-state index < -0.39 is 6.10 Å². The number of halogens is 1. The van der Waals surface area contributed by atoms with Crippen molar-refractivity contribution >= 4 is 21.6 Å². The monoisotopic (exact) mass is 311 g/mol. The molecule has 0 aliphatic carbocycles. The fraction of sp³-hybridized carbons (Fsp3) is 0.600. The molecule has 18 heavy (non-hydrogen) atoms. The molecule has 1 atom stereocenters. The van der Waals surface area contributed by atoms with E-state index in [0.717, 1.165) is 29.0 Å². The van der Waals surface area contributed by atoms with Crippen LogP contribution in [-0.4, -0.2) is 18.2 Å². The van der Waals surface area contributed by atoms with Crippen LogP contribution in [0.4, 0.5) is 5.69 Å². The summed E-state index contributed by atoms with van der Waals surface area (Å²) >= 11 is 3.55. The van der Waals surface area contributed by atoms with Gasteiger partial charge in [-0.1, -0.05) is 35.3 Å². The van der Waals surface area contributed by atoms with Crippen LogP contribution in [0.15, 0.2) is 22.7 Å². The molecule has 1 aliphatic heterocycles. The van der Waals surface area contributed by atoms with E-state index in [-0.39, 0.29) is 0 Å². The fourth-order valence-electron chi connectivity index (χ4n) is 2.65. The van der Waals surface area contributed by atoms with Gasteiger partial charge in [0.15, 0.2) is 0 Å². The minimum absolute atomic E-state index is 0.417. The van der Waals surface area contributed by atoms with Gasteiger partial charge in [0.25, 0.3) is 0 Å². The Balaban J connectivity index is 2.08. The van der Waals surface area contributed by atoms with Gasteiger partial charge in [-0.25, -0.2) is 0 Å². The second-order valence-corrected chi connectivity index (χ2v) is 6.07. The third-order valence-corrected chi connectivity index (χ3v) is 4.68. The van der Waals surface area contributed by atoms with Gasteiger partial charge in [-0.3, -0.25) is 0 Å². The first kappa shape index (κ1) is 13.9. The molecule has 1 aromatic carbocycles. The Hall–Kier alpha value is -0.540. The van der Waals surface area contributed by atoms with Crippen LogP contribution in [0.1, 0.15) is 44.8 Å². The summed E-state index contributed by atoms with van der Waals surface area (Å²) in [5, 5.41) is 9.63. The zero-order valence-corrected chi connectivity index (χ0v) is 12.8. The van der Waals surface area contributed by atoms with Crippen molar-refractivity contribution in [1.82, 2.24) is 0 Å². The SMILES string of the molecule is CCC1CCN(c2ccc(C(C)O)c(Br)c2)CC1. The van der Waals surface area contributed by atoms with E-state index >= 15 is 0 Å². The van der Waals surface area contributed by atoms with E-state index in [2.05, 4.69) is 39.9 Å². The summed E-state index contributed by atoms with van der Waals surface area (Å²) < 4.78 is 1.01. The normalized spacial score (nSPS) is 19.0. The van der Waals surface area contributed by atoms with Gasteiger partial charge in [0, 0.05) is 23.2 Å². The lowest BCUT2D eigenvalue weighted by molar-refractivity contribution is 0.198. The Bertz CT molecular complexity index is 397. The maximum absolute atomic E-state index is 9.63. The van der Waals surface area contributed by atoms with Crippen LogP contribution in [0.5, 0.6) is 0 Å². The molecule has 0 amide bonds. The molecule has 0 spiro atoms. The summed E-state index contributed by atoms with van der Waals surface area (Å²) in [6.45, 7) is 6.39. The quantitative estimate of drug-likeness (QED) is 0.907. The molecule has 0 bridgehead atoms. The van der Waals surface area contributed by atoms with Gasteiger partial charge in [-0.05, 0) is 43.4 Å². The van der Waals surface area contributed by atoms with E-state index in [1.54, 1.807) is 6.92 Å². The lowest BCUT2D eigenvalue weighted by atomic mass is 9.94. The van der Waals surface area contributed by atoms with Gasteiger partial charge < -0.3 is 10.0 Å². The molecule has 1 aliphatic rings. The zero-order chi connectivity index (χ0) is 13.1. The van der Waals surface area contributed by atoms with Crippen LogP contribution < -0.4 is 4.90 Å². The van der Waals surface area contributed by atoms with Crippen LogP contribution in [0.25, 0.3) is 0 Å². The molecule has 1 fully saturated rings. The molecule has 1 N–H and O–H groups in total. The van der Waals surface area contributed by atoms with Crippen molar-refractivity contribution in [2.24, 2.45) is 5.92 Å². The van der Waals surface area contributed by atoms with E-state index in [0.29, 0.717) is 0 Å². The summed E-state index contributed by atoms with van der Waals surface area (Å²) in [7, 11) is 0. The molecule has 1 heterocycles. The average molecular weight is 312 g/mol.